The molecule has 1 aromatic heterocycles. The van der Waals surface area contributed by atoms with Gasteiger partial charge in [-0.15, -0.1) is 0 Å². The predicted molar refractivity (Wildman–Crippen MR) is 31.8 cm³/mol. The van der Waals surface area contributed by atoms with Gasteiger partial charge in [0, 0.05) is 0 Å². The summed E-state index contributed by atoms with van der Waals surface area (Å²) in [7, 11) is 0. The van der Waals surface area contributed by atoms with Gasteiger partial charge in [-0.05, 0) is 0 Å². The number of halogens is 1. The van der Waals surface area contributed by atoms with Gasteiger partial charge in [-0.2, -0.15) is 0 Å². The van der Waals surface area contributed by atoms with E-state index < -0.39 is 0 Å². The minimum atomic E-state index is 0.931. The molecular formula is C4H2BrLiO. The van der Waals surface area contributed by atoms with Crippen molar-refractivity contribution in [3.63, 3.8) is 0 Å². The summed E-state index contributed by atoms with van der Waals surface area (Å²) < 4.78 is 6.88. The van der Waals surface area contributed by atoms with Crippen molar-refractivity contribution in [1.29, 1.82) is 0 Å². The second-order valence-corrected chi connectivity index (χ2v) is 2.18. The summed E-state index contributed by atoms with van der Waals surface area (Å²) in [5.41, 5.74) is 0. The van der Waals surface area contributed by atoms with Crippen molar-refractivity contribution < 1.29 is 4.42 Å². The third kappa shape index (κ3) is 1.13. The van der Waals surface area contributed by atoms with Crippen LogP contribution in [-0.2, 0) is 0 Å². The van der Waals surface area contributed by atoms with Crippen molar-refractivity contribution in [3.8, 4) is 0 Å². The van der Waals surface area contributed by atoms with E-state index in [0.717, 1.165) is 8.91 Å². The topological polar surface area (TPSA) is 13.1 Å². The summed E-state index contributed by atoms with van der Waals surface area (Å²) in [6.07, 6.45) is 1.65. The molecule has 0 spiro atoms. The van der Waals surface area contributed by atoms with Crippen LogP contribution in [-0.4, -0.2) is 17.7 Å². The zero-order chi connectivity index (χ0) is 5.28. The Bertz CT molecular complexity index is 144. The van der Waals surface area contributed by atoms with Crippen LogP contribution in [0.25, 0.3) is 0 Å². The zero-order valence-corrected chi connectivity index (χ0v) is 5.53. The monoisotopic (exact) mass is 152 g/mol. The van der Waals surface area contributed by atoms with Crippen molar-refractivity contribution in [2.24, 2.45) is 0 Å². The number of rotatable bonds is 0. The van der Waals surface area contributed by atoms with Crippen molar-refractivity contribution in [2.45, 2.75) is 0 Å². The van der Waals surface area contributed by atoms with Gasteiger partial charge in [0.25, 0.3) is 0 Å². The SMILES string of the molecule is [Li][c]1occc1Br. The van der Waals surface area contributed by atoms with Crippen LogP contribution >= 0.6 is 15.9 Å². The van der Waals surface area contributed by atoms with Gasteiger partial charge in [0.15, 0.2) is 0 Å². The summed E-state index contributed by atoms with van der Waals surface area (Å²) >= 11 is 5.18. The molecule has 0 saturated heterocycles. The van der Waals surface area contributed by atoms with E-state index in [-0.39, 0.29) is 0 Å². The van der Waals surface area contributed by atoms with Gasteiger partial charge in [0.1, 0.15) is 0 Å². The molecule has 0 aliphatic carbocycles. The molecule has 1 aromatic rings. The zero-order valence-electron chi connectivity index (χ0n) is 3.94. The molecule has 0 bridgehead atoms. The standard InChI is InChI=1S/C4H2BrO.Li/c5-4-1-2-6-3-4;/h1-2H;. The second-order valence-electron chi connectivity index (χ2n) is 1.32. The molecule has 0 saturated carbocycles. The van der Waals surface area contributed by atoms with Crippen molar-refractivity contribution in [3.05, 3.63) is 16.8 Å². The van der Waals surface area contributed by atoms with E-state index in [9.17, 15) is 0 Å². The maximum absolute atomic E-state index is 4.92. The fraction of sp³-hybridized carbons (Fsp3) is 0. The molecular weight excluding hydrogens is 151 g/mol. The molecule has 0 radical (unpaired) electrons. The molecule has 0 unspecified atom stereocenters. The van der Waals surface area contributed by atoms with Crippen LogP contribution in [0.1, 0.15) is 0 Å². The van der Waals surface area contributed by atoms with E-state index in [1.165, 1.54) is 0 Å². The Morgan fingerprint density at radius 1 is 1.71 bits per heavy atom. The van der Waals surface area contributed by atoms with E-state index in [1.54, 1.807) is 6.26 Å². The van der Waals surface area contributed by atoms with Gasteiger partial charge in [-0.1, -0.05) is 0 Å². The van der Waals surface area contributed by atoms with Gasteiger partial charge in [-0.3, -0.25) is 0 Å². The second kappa shape index (κ2) is 2.08. The van der Waals surface area contributed by atoms with E-state index in [4.69, 9.17) is 4.42 Å². The molecule has 0 fully saturated rings. The van der Waals surface area contributed by atoms with Crippen LogP contribution in [0.15, 0.2) is 21.2 Å². The third-order valence-corrected chi connectivity index (χ3v) is 1.62. The molecule has 0 N–H and O–H groups in total. The quantitative estimate of drug-likeness (QED) is 0.503. The molecule has 0 atom stereocenters. The first-order valence-electron chi connectivity index (χ1n) is 2.00. The summed E-state index contributed by atoms with van der Waals surface area (Å²) in [4.78, 5) is 0. The van der Waals surface area contributed by atoms with Crippen LogP contribution in [0.4, 0.5) is 0 Å². The molecule has 0 amide bonds. The van der Waals surface area contributed by atoms with Crippen LogP contribution in [0.5, 0.6) is 0 Å². The van der Waals surface area contributed by atoms with Gasteiger partial charge in [0.2, 0.25) is 0 Å². The first-order chi connectivity index (χ1) is 3.30. The van der Waals surface area contributed by atoms with Crippen molar-refractivity contribution in [2.75, 3.05) is 0 Å². The Kier molecular flexibility index (Phi) is 1.64. The average Bonchev–Trinajstić information content (AvgIpc) is 1.91. The summed E-state index contributed by atoms with van der Waals surface area (Å²) in [6, 6.07) is 1.87. The van der Waals surface area contributed by atoms with E-state index in [1.807, 2.05) is 23.8 Å². The number of hydrogen-bond donors (Lipinski definition) is 0. The van der Waals surface area contributed by atoms with Crippen LogP contribution in [0, 0.1) is 0 Å². The molecule has 0 aliphatic heterocycles. The van der Waals surface area contributed by atoms with Crippen LogP contribution in [0.3, 0.4) is 0 Å². The Labute approximate surface area is 59.4 Å². The molecule has 3 heteroatoms. The molecule has 1 heterocycles. The Morgan fingerprint density at radius 3 is 2.57 bits per heavy atom. The number of furan rings is 1. The minimum absolute atomic E-state index is 0.931. The molecule has 1 rings (SSSR count). The van der Waals surface area contributed by atoms with E-state index in [2.05, 4.69) is 15.9 Å². The number of hydrogen-bond acceptors (Lipinski definition) is 1. The molecule has 1 nitrogen and oxygen atoms in total. The molecule has 32 valence electrons. The molecule has 0 aliphatic rings. The Hall–Kier alpha value is 0.357. The predicted octanol–water partition coefficient (Wildman–Crippen LogP) is 0.836. The summed E-state index contributed by atoms with van der Waals surface area (Å²) in [6.45, 7) is 0. The van der Waals surface area contributed by atoms with Gasteiger partial charge in [0.05, 0.1) is 0 Å². The molecule has 0 aromatic carbocycles. The fourth-order valence-electron chi connectivity index (χ4n) is 0.369. The van der Waals surface area contributed by atoms with Crippen molar-refractivity contribution in [1.82, 2.24) is 0 Å². The first-order valence-corrected chi connectivity index (χ1v) is 2.79. The van der Waals surface area contributed by atoms with Crippen LogP contribution in [0.2, 0.25) is 0 Å². The van der Waals surface area contributed by atoms with Gasteiger partial charge in [-0.25, -0.2) is 0 Å². The average molecular weight is 153 g/mol. The van der Waals surface area contributed by atoms with Gasteiger partial charge < -0.3 is 0 Å². The van der Waals surface area contributed by atoms with Crippen LogP contribution < -0.4 is 4.43 Å². The first kappa shape index (κ1) is 5.49. The van der Waals surface area contributed by atoms with Gasteiger partial charge >= 0.3 is 59.3 Å². The summed E-state index contributed by atoms with van der Waals surface area (Å²) in [5.74, 6) is 0. The molecule has 7 heavy (non-hydrogen) atoms. The maximum atomic E-state index is 4.92. The Morgan fingerprint density at radius 2 is 2.43 bits per heavy atom. The fourth-order valence-corrected chi connectivity index (χ4v) is 0.571. The Balaban J connectivity index is 3.12. The normalized spacial score (nSPS) is 9.57. The third-order valence-electron chi connectivity index (χ3n) is 0.796. The van der Waals surface area contributed by atoms with Crippen molar-refractivity contribution >= 4 is 38.1 Å². The summed E-state index contributed by atoms with van der Waals surface area (Å²) in [5, 5.41) is 0. The van der Waals surface area contributed by atoms with E-state index in [0.29, 0.717) is 0 Å². The van der Waals surface area contributed by atoms with E-state index >= 15 is 0 Å².